The first-order valence-electron chi connectivity index (χ1n) is 11.8. The summed E-state index contributed by atoms with van der Waals surface area (Å²) in [5.74, 6) is 1.32. The molecule has 2 N–H and O–H groups in total. The van der Waals surface area contributed by atoms with E-state index in [2.05, 4.69) is 10.6 Å². The lowest BCUT2D eigenvalue weighted by molar-refractivity contribution is -0.115. The summed E-state index contributed by atoms with van der Waals surface area (Å²) in [4.78, 5) is 27.0. The van der Waals surface area contributed by atoms with Crippen LogP contribution in [0, 0.1) is 0 Å². The molecular formula is C30H28N2O5S. The molecule has 4 rings (SSSR count). The van der Waals surface area contributed by atoms with Crippen LogP contribution in [0.4, 0.5) is 11.4 Å². The van der Waals surface area contributed by atoms with Gasteiger partial charge in [0.1, 0.15) is 22.5 Å². The van der Waals surface area contributed by atoms with Crippen LogP contribution in [0.25, 0.3) is 0 Å². The van der Waals surface area contributed by atoms with E-state index in [9.17, 15) is 9.59 Å². The van der Waals surface area contributed by atoms with Crippen LogP contribution in [0.3, 0.4) is 0 Å². The van der Waals surface area contributed by atoms with Crippen molar-refractivity contribution in [2.45, 2.75) is 10.1 Å². The summed E-state index contributed by atoms with van der Waals surface area (Å²) in [6.45, 7) is 0. The molecule has 1 unspecified atom stereocenters. The average Bonchev–Trinajstić information content (AvgIpc) is 2.97. The zero-order valence-electron chi connectivity index (χ0n) is 21.3. The number of thioether (sulfide) groups is 1. The van der Waals surface area contributed by atoms with Crippen molar-refractivity contribution in [2.24, 2.45) is 0 Å². The van der Waals surface area contributed by atoms with Crippen LogP contribution in [-0.4, -0.2) is 33.1 Å². The van der Waals surface area contributed by atoms with E-state index < -0.39 is 5.25 Å². The van der Waals surface area contributed by atoms with Gasteiger partial charge in [-0.05, 0) is 60.2 Å². The summed E-state index contributed by atoms with van der Waals surface area (Å²) in [5, 5.41) is 5.35. The summed E-state index contributed by atoms with van der Waals surface area (Å²) < 4.78 is 15.9. The summed E-state index contributed by atoms with van der Waals surface area (Å²) >= 11 is 1.41. The second-order valence-electron chi connectivity index (χ2n) is 8.17. The van der Waals surface area contributed by atoms with E-state index in [0.29, 0.717) is 34.2 Å². The first-order valence-corrected chi connectivity index (χ1v) is 12.7. The summed E-state index contributed by atoms with van der Waals surface area (Å²) in [5.41, 5.74) is 2.55. The Bertz CT molecular complexity index is 1390. The molecular weight excluding hydrogens is 500 g/mol. The Morgan fingerprint density at radius 2 is 1.42 bits per heavy atom. The molecule has 0 heterocycles. The highest BCUT2D eigenvalue weighted by molar-refractivity contribution is 8.00. The zero-order valence-corrected chi connectivity index (χ0v) is 22.1. The first kappa shape index (κ1) is 26.6. The molecule has 0 aliphatic rings. The first-order chi connectivity index (χ1) is 18.5. The molecule has 0 aliphatic carbocycles. The lowest BCUT2D eigenvalue weighted by Gasteiger charge is -2.19. The van der Waals surface area contributed by atoms with E-state index >= 15 is 0 Å². The number of amides is 2. The molecule has 2 amide bonds. The predicted octanol–water partition coefficient (Wildman–Crippen LogP) is 6.44. The molecule has 0 saturated carbocycles. The van der Waals surface area contributed by atoms with Gasteiger partial charge in [-0.15, -0.1) is 11.8 Å². The fourth-order valence-corrected chi connectivity index (χ4v) is 4.75. The third-order valence-corrected chi connectivity index (χ3v) is 6.97. The largest absolute Gasteiger partial charge is 0.497 e. The Balaban J connectivity index is 1.50. The van der Waals surface area contributed by atoms with Crippen molar-refractivity contribution in [3.63, 3.8) is 0 Å². The van der Waals surface area contributed by atoms with Crippen molar-refractivity contribution in [1.82, 2.24) is 0 Å². The number of rotatable bonds is 10. The minimum absolute atomic E-state index is 0.194. The van der Waals surface area contributed by atoms with Gasteiger partial charge in [-0.2, -0.15) is 0 Å². The molecule has 1 atom stereocenters. The quantitative estimate of drug-likeness (QED) is 0.231. The number of hydrogen-bond donors (Lipinski definition) is 2. The molecule has 0 spiro atoms. The Kier molecular flexibility index (Phi) is 8.89. The van der Waals surface area contributed by atoms with Gasteiger partial charge in [-0.25, -0.2) is 0 Å². The second-order valence-corrected chi connectivity index (χ2v) is 9.35. The topological polar surface area (TPSA) is 85.9 Å². The number of methoxy groups -OCH3 is 3. The highest BCUT2D eigenvalue weighted by Crippen LogP contribution is 2.38. The molecule has 4 aromatic carbocycles. The van der Waals surface area contributed by atoms with E-state index in [1.807, 2.05) is 54.6 Å². The van der Waals surface area contributed by atoms with Crippen LogP contribution in [-0.2, 0) is 4.79 Å². The molecule has 0 bridgehead atoms. The van der Waals surface area contributed by atoms with Gasteiger partial charge in [0.25, 0.3) is 5.91 Å². The van der Waals surface area contributed by atoms with Gasteiger partial charge in [0.15, 0.2) is 0 Å². The van der Waals surface area contributed by atoms with Gasteiger partial charge in [0, 0.05) is 22.2 Å². The lowest BCUT2D eigenvalue weighted by Crippen LogP contribution is -2.19. The van der Waals surface area contributed by atoms with Gasteiger partial charge in [0.2, 0.25) is 5.91 Å². The van der Waals surface area contributed by atoms with Crippen molar-refractivity contribution in [1.29, 1.82) is 0 Å². The normalized spacial score (nSPS) is 11.2. The molecule has 0 saturated heterocycles. The van der Waals surface area contributed by atoms with E-state index in [1.54, 1.807) is 63.8 Å². The van der Waals surface area contributed by atoms with Gasteiger partial charge in [-0.1, -0.05) is 36.4 Å². The summed E-state index contributed by atoms with van der Waals surface area (Å²) in [7, 11) is 4.68. The van der Waals surface area contributed by atoms with Crippen molar-refractivity contribution >= 4 is 35.0 Å². The number of benzene rings is 4. The molecule has 0 fully saturated rings. The van der Waals surface area contributed by atoms with Gasteiger partial charge < -0.3 is 24.8 Å². The Morgan fingerprint density at radius 1 is 0.711 bits per heavy atom. The maximum Gasteiger partial charge on any atom is 0.255 e. The molecule has 38 heavy (non-hydrogen) atoms. The second kappa shape index (κ2) is 12.7. The maximum absolute atomic E-state index is 13.5. The average molecular weight is 529 g/mol. The minimum Gasteiger partial charge on any atom is -0.497 e. The van der Waals surface area contributed by atoms with E-state index in [0.717, 1.165) is 10.5 Å². The molecule has 0 aliphatic heterocycles. The molecule has 0 aromatic heterocycles. The third-order valence-electron chi connectivity index (χ3n) is 5.71. The minimum atomic E-state index is -0.528. The number of nitrogens with one attached hydrogen (secondary N) is 2. The summed E-state index contributed by atoms with van der Waals surface area (Å²) in [6, 6.07) is 29.1. The molecule has 7 nitrogen and oxygen atoms in total. The van der Waals surface area contributed by atoms with Crippen LogP contribution in [0.5, 0.6) is 17.2 Å². The van der Waals surface area contributed by atoms with Crippen molar-refractivity contribution in [3.05, 3.63) is 108 Å². The van der Waals surface area contributed by atoms with Crippen LogP contribution >= 0.6 is 11.8 Å². The maximum atomic E-state index is 13.5. The van der Waals surface area contributed by atoms with Crippen molar-refractivity contribution in [3.8, 4) is 17.2 Å². The zero-order chi connectivity index (χ0) is 26.9. The van der Waals surface area contributed by atoms with Crippen LogP contribution < -0.4 is 24.8 Å². The Morgan fingerprint density at radius 3 is 2.11 bits per heavy atom. The molecule has 8 heteroatoms. The summed E-state index contributed by atoms with van der Waals surface area (Å²) in [6.07, 6.45) is 0. The SMILES string of the molecule is COc1cccc(C(=O)Nc2ccc(SC(C(=O)Nc3ccc(OC)cc3OC)c3ccccc3)cc2)c1. The predicted molar refractivity (Wildman–Crippen MR) is 151 cm³/mol. The van der Waals surface area contributed by atoms with Crippen LogP contribution in [0.1, 0.15) is 21.2 Å². The van der Waals surface area contributed by atoms with Crippen molar-refractivity contribution in [2.75, 3.05) is 32.0 Å². The molecule has 4 aromatic rings. The molecule has 0 radical (unpaired) electrons. The van der Waals surface area contributed by atoms with Gasteiger partial charge >= 0.3 is 0 Å². The van der Waals surface area contributed by atoms with Crippen LogP contribution in [0.2, 0.25) is 0 Å². The fraction of sp³-hybridized carbons (Fsp3) is 0.133. The highest BCUT2D eigenvalue weighted by atomic mass is 32.2. The fourth-order valence-electron chi connectivity index (χ4n) is 3.72. The smallest absolute Gasteiger partial charge is 0.255 e. The molecule has 194 valence electrons. The van der Waals surface area contributed by atoms with E-state index in [-0.39, 0.29) is 11.8 Å². The highest BCUT2D eigenvalue weighted by Gasteiger charge is 2.23. The monoisotopic (exact) mass is 528 g/mol. The Hall–Kier alpha value is -4.43. The number of anilines is 2. The van der Waals surface area contributed by atoms with Crippen LogP contribution in [0.15, 0.2) is 102 Å². The van der Waals surface area contributed by atoms with Crippen molar-refractivity contribution < 1.29 is 23.8 Å². The van der Waals surface area contributed by atoms with E-state index in [1.165, 1.54) is 11.8 Å². The van der Waals surface area contributed by atoms with Gasteiger partial charge in [-0.3, -0.25) is 9.59 Å². The standard InChI is InChI=1S/C30H28N2O5S/c1-35-23-11-7-10-21(18-23)29(33)31-22-12-15-25(16-13-22)38-28(20-8-5-4-6-9-20)30(34)32-26-17-14-24(36-2)19-27(26)37-3/h4-19,28H,1-3H3,(H,31,33)(H,32,34). The van der Waals surface area contributed by atoms with E-state index in [4.69, 9.17) is 14.2 Å². The number of hydrogen-bond acceptors (Lipinski definition) is 6. The third kappa shape index (κ3) is 6.66. The lowest BCUT2D eigenvalue weighted by atomic mass is 10.1. The number of carbonyl (C=O) groups excluding carboxylic acids is 2. The number of carbonyl (C=O) groups is 2. The Labute approximate surface area is 226 Å². The van der Waals surface area contributed by atoms with Gasteiger partial charge in [0.05, 0.1) is 27.0 Å². The number of ether oxygens (including phenoxy) is 3.